The summed E-state index contributed by atoms with van der Waals surface area (Å²) in [4.78, 5) is 32.4. The fourth-order valence-corrected chi connectivity index (χ4v) is 5.77. The van der Waals surface area contributed by atoms with Gasteiger partial charge in [0.15, 0.2) is 5.13 Å². The zero-order valence-electron chi connectivity index (χ0n) is 21.3. The fourth-order valence-electron chi connectivity index (χ4n) is 3.84. The van der Waals surface area contributed by atoms with Crippen molar-refractivity contribution in [2.75, 3.05) is 10.6 Å². The zero-order chi connectivity index (χ0) is 26.2. The van der Waals surface area contributed by atoms with Gasteiger partial charge in [0.1, 0.15) is 5.25 Å². The highest BCUT2D eigenvalue weighted by molar-refractivity contribution is 8.00. The van der Waals surface area contributed by atoms with E-state index in [0.29, 0.717) is 11.6 Å². The summed E-state index contributed by atoms with van der Waals surface area (Å²) in [5.41, 5.74) is 4.74. The van der Waals surface area contributed by atoms with Gasteiger partial charge in [0, 0.05) is 27.4 Å². The van der Waals surface area contributed by atoms with Crippen LogP contribution in [0.3, 0.4) is 0 Å². The lowest BCUT2D eigenvalue weighted by Gasteiger charge is -2.17. The number of amides is 2. The van der Waals surface area contributed by atoms with E-state index in [1.807, 2.05) is 61.5 Å². The van der Waals surface area contributed by atoms with Gasteiger partial charge in [0.2, 0.25) is 11.8 Å². The number of anilines is 2. The molecule has 0 aliphatic carbocycles. The molecular formula is C30H31N3O2S2. The molecule has 190 valence electrons. The van der Waals surface area contributed by atoms with E-state index in [1.165, 1.54) is 28.7 Å². The van der Waals surface area contributed by atoms with Crippen LogP contribution >= 0.6 is 23.1 Å². The van der Waals surface area contributed by atoms with E-state index in [9.17, 15) is 9.59 Å². The Morgan fingerprint density at radius 1 is 0.946 bits per heavy atom. The molecule has 37 heavy (non-hydrogen) atoms. The Bertz CT molecular complexity index is 1350. The quantitative estimate of drug-likeness (QED) is 0.204. The topological polar surface area (TPSA) is 71.1 Å². The van der Waals surface area contributed by atoms with Gasteiger partial charge >= 0.3 is 0 Å². The number of hydrogen-bond donors (Lipinski definition) is 2. The number of nitrogens with zero attached hydrogens (tertiary/aromatic N) is 1. The van der Waals surface area contributed by atoms with Gasteiger partial charge in [-0.05, 0) is 44.0 Å². The number of aromatic nitrogens is 1. The largest absolute Gasteiger partial charge is 0.326 e. The smallest absolute Gasteiger partial charge is 0.244 e. The molecule has 0 radical (unpaired) electrons. The fraction of sp³-hybridized carbons (Fsp3) is 0.233. The maximum Gasteiger partial charge on any atom is 0.244 e. The Balaban J connectivity index is 1.53. The van der Waals surface area contributed by atoms with Gasteiger partial charge in [-0.25, -0.2) is 4.98 Å². The molecule has 0 saturated heterocycles. The monoisotopic (exact) mass is 529 g/mol. The predicted octanol–water partition coefficient (Wildman–Crippen LogP) is 8.03. The molecule has 0 aliphatic rings. The summed E-state index contributed by atoms with van der Waals surface area (Å²) < 4.78 is 0. The van der Waals surface area contributed by atoms with E-state index in [0.717, 1.165) is 45.1 Å². The molecule has 1 atom stereocenters. The molecule has 0 bridgehead atoms. The average Bonchev–Trinajstić information content (AvgIpc) is 3.26. The van der Waals surface area contributed by atoms with Crippen molar-refractivity contribution in [3.8, 4) is 11.3 Å². The lowest BCUT2D eigenvalue weighted by molar-refractivity contribution is -0.116. The molecule has 1 heterocycles. The van der Waals surface area contributed by atoms with Crippen LogP contribution in [0.4, 0.5) is 10.8 Å². The first-order valence-corrected chi connectivity index (χ1v) is 14.1. The van der Waals surface area contributed by atoms with Crippen LogP contribution < -0.4 is 10.6 Å². The standard InChI is InChI=1S/C30H31N3O2S2/c1-4-5-14-26(34)31-24-12-9-13-25(19-24)37-28(23-10-7-6-8-11-23)29(35)33-30-32-27(21(3)36-30)22-17-15-20(2)16-18-22/h6-13,15-19,28H,4-5,14H2,1-3H3,(H,31,34)(H,32,33,35). The minimum Gasteiger partial charge on any atom is -0.326 e. The van der Waals surface area contributed by atoms with Crippen LogP contribution in [-0.4, -0.2) is 16.8 Å². The number of hydrogen-bond acceptors (Lipinski definition) is 5. The van der Waals surface area contributed by atoms with Crippen molar-refractivity contribution >= 4 is 45.7 Å². The minimum atomic E-state index is -0.487. The number of aryl methyl sites for hydroxylation is 2. The van der Waals surface area contributed by atoms with Gasteiger partial charge in [-0.1, -0.05) is 79.6 Å². The molecular weight excluding hydrogens is 498 g/mol. The van der Waals surface area contributed by atoms with Crippen molar-refractivity contribution < 1.29 is 9.59 Å². The third kappa shape index (κ3) is 7.31. The number of unbranched alkanes of at least 4 members (excludes halogenated alkanes) is 1. The highest BCUT2D eigenvalue weighted by atomic mass is 32.2. The maximum absolute atomic E-state index is 13.6. The number of rotatable bonds is 10. The van der Waals surface area contributed by atoms with E-state index in [-0.39, 0.29) is 11.8 Å². The lowest BCUT2D eigenvalue weighted by Crippen LogP contribution is -2.19. The van der Waals surface area contributed by atoms with Gasteiger partial charge in [0.05, 0.1) is 5.69 Å². The van der Waals surface area contributed by atoms with Crippen LogP contribution in [0.1, 0.15) is 47.4 Å². The van der Waals surface area contributed by atoms with E-state index in [2.05, 4.69) is 48.7 Å². The molecule has 7 heteroatoms. The minimum absolute atomic E-state index is 0.00451. The Labute approximate surface area is 226 Å². The summed E-state index contributed by atoms with van der Waals surface area (Å²) in [5, 5.41) is 6.11. The Hall–Kier alpha value is -3.42. The van der Waals surface area contributed by atoms with Crippen LogP contribution in [0, 0.1) is 13.8 Å². The van der Waals surface area contributed by atoms with Crippen molar-refractivity contribution in [2.45, 2.75) is 50.2 Å². The normalized spacial score (nSPS) is 11.6. The second-order valence-electron chi connectivity index (χ2n) is 8.87. The van der Waals surface area contributed by atoms with Gasteiger partial charge in [0.25, 0.3) is 0 Å². The number of thioether (sulfide) groups is 1. The number of thiazole rings is 1. The number of carbonyl (C=O) groups excluding carboxylic acids is 2. The summed E-state index contributed by atoms with van der Waals surface area (Å²) in [5.74, 6) is -0.136. The van der Waals surface area contributed by atoms with Crippen molar-refractivity contribution in [3.63, 3.8) is 0 Å². The Morgan fingerprint density at radius 2 is 1.70 bits per heavy atom. The highest BCUT2D eigenvalue weighted by Gasteiger charge is 2.24. The van der Waals surface area contributed by atoms with Crippen molar-refractivity contribution in [1.29, 1.82) is 0 Å². The summed E-state index contributed by atoms with van der Waals surface area (Å²) in [6.45, 7) is 6.14. The molecule has 0 spiro atoms. The number of benzene rings is 3. The molecule has 4 rings (SSSR count). The van der Waals surface area contributed by atoms with Crippen molar-refractivity contribution in [2.24, 2.45) is 0 Å². The maximum atomic E-state index is 13.6. The molecule has 2 amide bonds. The molecule has 2 N–H and O–H groups in total. The number of nitrogens with one attached hydrogen (secondary N) is 2. The lowest BCUT2D eigenvalue weighted by atomic mass is 10.1. The summed E-state index contributed by atoms with van der Waals surface area (Å²) in [7, 11) is 0. The van der Waals surface area contributed by atoms with E-state index in [1.54, 1.807) is 0 Å². The van der Waals surface area contributed by atoms with Gasteiger partial charge in [-0.3, -0.25) is 9.59 Å². The van der Waals surface area contributed by atoms with Gasteiger partial charge in [-0.15, -0.1) is 23.1 Å². The summed E-state index contributed by atoms with van der Waals surface area (Å²) >= 11 is 2.93. The van der Waals surface area contributed by atoms with Crippen LogP contribution in [-0.2, 0) is 9.59 Å². The second-order valence-corrected chi connectivity index (χ2v) is 11.2. The molecule has 3 aromatic carbocycles. The first-order chi connectivity index (χ1) is 17.9. The van der Waals surface area contributed by atoms with Crippen LogP contribution in [0.2, 0.25) is 0 Å². The van der Waals surface area contributed by atoms with Gasteiger partial charge in [-0.2, -0.15) is 0 Å². The highest BCUT2D eigenvalue weighted by Crippen LogP contribution is 2.38. The SMILES string of the molecule is CCCCC(=O)Nc1cccc(SC(C(=O)Nc2nc(-c3ccc(C)cc3)c(C)s2)c2ccccc2)c1. The predicted molar refractivity (Wildman–Crippen MR) is 155 cm³/mol. The first kappa shape index (κ1) is 26.6. The molecule has 0 aliphatic heterocycles. The summed E-state index contributed by atoms with van der Waals surface area (Å²) in [6, 6.07) is 25.6. The van der Waals surface area contributed by atoms with Crippen LogP contribution in [0.25, 0.3) is 11.3 Å². The molecule has 0 fully saturated rings. The molecule has 5 nitrogen and oxygen atoms in total. The summed E-state index contributed by atoms with van der Waals surface area (Å²) in [6.07, 6.45) is 2.33. The zero-order valence-corrected chi connectivity index (χ0v) is 22.9. The molecule has 4 aromatic rings. The van der Waals surface area contributed by atoms with Crippen LogP contribution in [0.5, 0.6) is 0 Å². The van der Waals surface area contributed by atoms with Gasteiger partial charge < -0.3 is 10.6 Å². The number of carbonyl (C=O) groups is 2. The van der Waals surface area contributed by atoms with E-state index < -0.39 is 5.25 Å². The van der Waals surface area contributed by atoms with Crippen molar-refractivity contribution in [3.05, 3.63) is 94.9 Å². The third-order valence-electron chi connectivity index (χ3n) is 5.82. The van der Waals surface area contributed by atoms with E-state index in [4.69, 9.17) is 4.98 Å². The van der Waals surface area contributed by atoms with E-state index >= 15 is 0 Å². The second kappa shape index (κ2) is 12.7. The molecule has 1 aromatic heterocycles. The third-order valence-corrected chi connectivity index (χ3v) is 7.96. The molecule has 0 saturated carbocycles. The average molecular weight is 530 g/mol. The first-order valence-electron chi connectivity index (χ1n) is 12.4. The van der Waals surface area contributed by atoms with Crippen LogP contribution in [0.15, 0.2) is 83.8 Å². The Morgan fingerprint density at radius 3 is 2.43 bits per heavy atom. The van der Waals surface area contributed by atoms with Crippen molar-refractivity contribution in [1.82, 2.24) is 4.98 Å². The Kier molecular flexibility index (Phi) is 9.14. The molecule has 1 unspecified atom stereocenters.